The number of benzene rings is 12. The van der Waals surface area contributed by atoms with E-state index < -0.39 is 32.0 Å². The molecule has 0 aliphatic carbocycles. The van der Waals surface area contributed by atoms with Crippen LogP contribution in [-0.2, 0) is 44.8 Å². The third-order valence-corrected chi connectivity index (χ3v) is 32.4. The Morgan fingerprint density at radius 3 is 0.756 bits per heavy atom. The first-order chi connectivity index (χ1) is 41.7. The van der Waals surface area contributed by atoms with Crippen LogP contribution in [0.3, 0.4) is 0 Å². The summed E-state index contributed by atoms with van der Waals surface area (Å²) in [6.07, 6.45) is 20.9. The monoisotopic (exact) mass is 1540 g/mol. The maximum atomic E-state index is 7.86. The normalized spacial score (nSPS) is 12.3. The number of hydrogen-bond donors (Lipinski definition) is 0. The maximum absolute atomic E-state index is 7.86. The zero-order chi connectivity index (χ0) is 57.0. The van der Waals surface area contributed by atoms with Gasteiger partial charge in [0.15, 0.2) is 16.1 Å². The second-order valence-corrected chi connectivity index (χ2v) is 34.1. The van der Waals surface area contributed by atoms with Crippen molar-refractivity contribution in [1.82, 2.24) is 0 Å². The van der Waals surface area contributed by atoms with E-state index in [1.165, 1.54) is 110 Å². The van der Waals surface area contributed by atoms with Gasteiger partial charge in [0.2, 0.25) is 0 Å². The Labute approximate surface area is 545 Å². The zero-order valence-electron chi connectivity index (χ0n) is 47.6. The van der Waals surface area contributed by atoms with Gasteiger partial charge in [-0.2, -0.15) is 0 Å². The van der Waals surface area contributed by atoms with Gasteiger partial charge in [-0.25, -0.2) is 0 Å². The van der Waals surface area contributed by atoms with Gasteiger partial charge in [-0.1, -0.05) is 288 Å². The van der Waals surface area contributed by atoms with Crippen LogP contribution in [-0.4, -0.2) is 28.5 Å². The molecule has 0 nitrogen and oxygen atoms in total. The van der Waals surface area contributed by atoms with Crippen molar-refractivity contribution < 1.29 is 44.8 Å². The minimum atomic E-state index is -2.40. The number of rotatable bonds is 13. The molecule has 0 amide bonds. The number of hydrogen-bond acceptors (Lipinski definition) is 0. The number of fused-ring (bicyclic) bond motifs is 6. The molecule has 12 aromatic rings. The molecule has 0 unspecified atom stereocenters. The SMILES string of the molecule is [Au+].[Au+].[C-]#Cc1cccc2c1-c1ccccc1[Si]2(c1ccccc1)c1ccccc1.[C-]#Cc1cccc2c1-c1ccccc1[Si]2(c1ccccc1)c1ccccc1.c1ccc([PH+](CCCC[PH+](c2ccccc2)c2ccccc2)c2ccccc2)cc1. The smallest absolute Gasteiger partial charge is 0.366 e. The first kappa shape index (κ1) is 61.6. The topological polar surface area (TPSA) is 0 Å². The molecule has 2 heterocycles. The van der Waals surface area contributed by atoms with Gasteiger partial charge in [0.1, 0.15) is 0 Å². The van der Waals surface area contributed by atoms with Gasteiger partial charge < -0.3 is 12.8 Å². The van der Waals surface area contributed by atoms with Crippen molar-refractivity contribution in [3.05, 3.63) is 352 Å². The fraction of sp³-hybridized carbons (Fsp3) is 0.0500. The molecule has 14 rings (SSSR count). The molecular formula is C80H64Au2P2Si2+2. The molecule has 0 spiro atoms. The molecule has 86 heavy (non-hydrogen) atoms. The summed E-state index contributed by atoms with van der Waals surface area (Å²) >= 11 is 0. The first-order valence-corrected chi connectivity index (χ1v) is 36.5. The molecule has 0 fully saturated rings. The largest absolute Gasteiger partial charge is 1.00 e. The van der Waals surface area contributed by atoms with Gasteiger partial charge in [0, 0.05) is 0 Å². The third-order valence-electron chi connectivity index (χ3n) is 16.8. The van der Waals surface area contributed by atoms with Crippen LogP contribution in [0.2, 0.25) is 0 Å². The Morgan fingerprint density at radius 2 is 0.488 bits per heavy atom. The van der Waals surface area contributed by atoms with Crippen molar-refractivity contribution in [3.8, 4) is 34.1 Å². The molecule has 0 saturated carbocycles. The van der Waals surface area contributed by atoms with Crippen molar-refractivity contribution in [3.63, 3.8) is 0 Å². The van der Waals surface area contributed by atoms with E-state index in [0.29, 0.717) is 0 Å². The summed E-state index contributed by atoms with van der Waals surface area (Å²) in [5.74, 6) is 5.36. The van der Waals surface area contributed by atoms with Gasteiger partial charge in [-0.15, -0.1) is 23.3 Å². The third kappa shape index (κ3) is 12.2. The van der Waals surface area contributed by atoms with E-state index in [1.807, 2.05) is 12.1 Å². The molecule has 0 radical (unpaired) electrons. The van der Waals surface area contributed by atoms with Gasteiger partial charge in [0.25, 0.3) is 0 Å². The molecule has 0 saturated heterocycles. The quantitative estimate of drug-likeness (QED) is 0.0355. The predicted octanol–water partition coefficient (Wildman–Crippen LogP) is 11.5. The molecular weight excluding hydrogens is 1470 g/mol. The molecule has 6 heteroatoms. The average molecular weight is 1540 g/mol. The summed E-state index contributed by atoms with van der Waals surface area (Å²) < 4.78 is 0. The van der Waals surface area contributed by atoms with Gasteiger partial charge in [-0.3, -0.25) is 11.8 Å². The molecule has 0 N–H and O–H groups in total. The van der Waals surface area contributed by atoms with E-state index >= 15 is 0 Å². The van der Waals surface area contributed by atoms with Crippen molar-refractivity contribution >= 4 is 94.7 Å². The van der Waals surface area contributed by atoms with Crippen molar-refractivity contribution in [2.24, 2.45) is 0 Å². The Morgan fingerprint density at radius 1 is 0.256 bits per heavy atom. The minimum Gasteiger partial charge on any atom is -0.366 e. The zero-order valence-corrected chi connectivity index (χ0v) is 55.9. The summed E-state index contributed by atoms with van der Waals surface area (Å²) in [4.78, 5) is 0. The van der Waals surface area contributed by atoms with E-state index in [4.69, 9.17) is 12.8 Å². The molecule has 0 bridgehead atoms. The molecule has 2 aliphatic heterocycles. The Balaban J connectivity index is 0.000000142. The van der Waals surface area contributed by atoms with Crippen LogP contribution in [0.1, 0.15) is 24.0 Å². The molecule has 0 atom stereocenters. The van der Waals surface area contributed by atoms with Crippen LogP contribution in [0.15, 0.2) is 328 Å². The molecule has 12 aromatic carbocycles. The summed E-state index contributed by atoms with van der Waals surface area (Å²) in [6, 6.07) is 118. The van der Waals surface area contributed by atoms with Crippen molar-refractivity contribution in [2.45, 2.75) is 12.8 Å². The summed E-state index contributed by atoms with van der Waals surface area (Å²) in [7, 11) is -6.22. The van der Waals surface area contributed by atoms with Crippen LogP contribution in [0.4, 0.5) is 0 Å². The summed E-state index contributed by atoms with van der Waals surface area (Å²) in [5.41, 5.74) is 6.62. The summed E-state index contributed by atoms with van der Waals surface area (Å²) in [6.45, 7) is 0. The fourth-order valence-corrected chi connectivity index (χ4v) is 29.1. The fourth-order valence-electron chi connectivity index (χ4n) is 13.3. The van der Waals surface area contributed by atoms with Crippen LogP contribution < -0.4 is 62.7 Å². The second kappa shape index (κ2) is 29.3. The van der Waals surface area contributed by atoms with E-state index in [2.05, 4.69) is 327 Å². The van der Waals surface area contributed by atoms with Crippen molar-refractivity contribution in [2.75, 3.05) is 12.3 Å². The molecule has 2 aliphatic rings. The van der Waals surface area contributed by atoms with Gasteiger partial charge >= 0.3 is 44.8 Å². The van der Waals surface area contributed by atoms with Gasteiger partial charge in [0.05, 0.1) is 49.4 Å². The first-order valence-electron chi connectivity index (χ1n) is 29.1. The Kier molecular flexibility index (Phi) is 21.0. The van der Waals surface area contributed by atoms with Crippen LogP contribution >= 0.6 is 15.8 Å². The standard InChI is InChI=1S/C28H28P2.2C26H17Si.2Au/c1-5-15-25(16-6-1)29(26-17-7-2-8-18-26)23-13-14-24-30(27-19-9-3-10-20-27)28-21-11-4-12-22-28;2*1-2-20-12-11-19-25-26(20)23-17-9-10-18-24(23)27(25,21-13-5-3-6-14-21)22-15-7-4-8-16-22;;/h1-12,15-22H,13-14,23-24H2;2*3-19H;;/q;2*-1;2*+1/p+2. The maximum Gasteiger partial charge on any atom is 1.00 e. The van der Waals surface area contributed by atoms with Gasteiger partial charge in [-0.05, 0) is 104 Å². The van der Waals surface area contributed by atoms with Crippen molar-refractivity contribution in [1.29, 1.82) is 0 Å². The summed E-state index contributed by atoms with van der Waals surface area (Å²) in [5, 5.41) is 17.2. The predicted molar refractivity (Wildman–Crippen MR) is 370 cm³/mol. The minimum absolute atomic E-state index is 0. The van der Waals surface area contributed by atoms with Crippen LogP contribution in [0.5, 0.6) is 0 Å². The van der Waals surface area contributed by atoms with Crippen LogP contribution in [0, 0.1) is 24.7 Å². The number of unbranched alkanes of at least 4 members (excludes halogenated alkanes) is 1. The average Bonchev–Trinajstić information content (AvgIpc) is 1.56. The van der Waals surface area contributed by atoms with E-state index in [-0.39, 0.29) is 44.8 Å². The second-order valence-electron chi connectivity index (χ2n) is 21.4. The van der Waals surface area contributed by atoms with Crippen LogP contribution in [0.25, 0.3) is 22.3 Å². The van der Waals surface area contributed by atoms with E-state index in [0.717, 1.165) is 11.1 Å². The van der Waals surface area contributed by atoms with E-state index in [9.17, 15) is 0 Å². The Bertz CT molecular complexity index is 3780. The Hall–Kier alpha value is -7.47. The molecule has 422 valence electrons. The molecule has 0 aromatic heterocycles. The van der Waals surface area contributed by atoms with E-state index in [1.54, 1.807) is 0 Å².